The highest BCUT2D eigenvalue weighted by Crippen LogP contribution is 2.38. The minimum Gasteiger partial charge on any atom is -0.392 e. The molecule has 0 aliphatic heterocycles. The van der Waals surface area contributed by atoms with Gasteiger partial charge < -0.3 is 5.11 Å². The fourth-order valence-electron chi connectivity index (χ4n) is 2.95. The average Bonchev–Trinajstić information content (AvgIpc) is 2.53. The lowest BCUT2D eigenvalue weighted by Gasteiger charge is -2.34. The van der Waals surface area contributed by atoms with Crippen LogP contribution in [0.15, 0.2) is 30.3 Å². The summed E-state index contributed by atoms with van der Waals surface area (Å²) in [5.41, 5.74) is 0.305. The summed E-state index contributed by atoms with van der Waals surface area (Å²) in [4.78, 5) is 12.4. The van der Waals surface area contributed by atoms with Gasteiger partial charge in [-0.3, -0.25) is 4.79 Å². The molecule has 1 N–H and O–H groups in total. The number of rotatable bonds is 2. The van der Waals surface area contributed by atoms with Gasteiger partial charge in [-0.05, 0) is 25.3 Å². The van der Waals surface area contributed by atoms with Gasteiger partial charge in [0.25, 0.3) is 0 Å². The largest absolute Gasteiger partial charge is 0.392 e. The minimum absolute atomic E-state index is 0.205. The molecule has 17 heavy (non-hydrogen) atoms. The van der Waals surface area contributed by atoms with Gasteiger partial charge in [0.1, 0.15) is 5.78 Å². The van der Waals surface area contributed by atoms with Gasteiger partial charge in [0, 0.05) is 6.42 Å². The van der Waals surface area contributed by atoms with Gasteiger partial charge in [-0.1, -0.05) is 43.2 Å². The van der Waals surface area contributed by atoms with Crippen LogP contribution in [0.25, 0.3) is 0 Å². The van der Waals surface area contributed by atoms with E-state index in [9.17, 15) is 9.90 Å². The normalized spacial score (nSPS) is 27.5. The molecule has 0 radical (unpaired) electrons. The van der Waals surface area contributed by atoms with Crippen molar-refractivity contribution in [2.45, 2.75) is 50.5 Å². The molecule has 1 aromatic rings. The van der Waals surface area contributed by atoms with E-state index < -0.39 is 11.5 Å². The lowest BCUT2D eigenvalue weighted by atomic mass is 9.70. The third-order valence-electron chi connectivity index (χ3n) is 3.97. The van der Waals surface area contributed by atoms with E-state index in [0.717, 1.165) is 31.2 Å². The fourth-order valence-corrected chi connectivity index (χ4v) is 2.95. The second kappa shape index (κ2) is 5.01. The van der Waals surface area contributed by atoms with Gasteiger partial charge in [0.15, 0.2) is 0 Å². The zero-order valence-electron chi connectivity index (χ0n) is 10.4. The molecule has 1 saturated carbocycles. The predicted octanol–water partition coefficient (Wildman–Crippen LogP) is 2.84. The second-order valence-corrected chi connectivity index (χ2v) is 5.00. The topological polar surface area (TPSA) is 37.3 Å². The molecule has 92 valence electrons. The number of hydrogen-bond acceptors (Lipinski definition) is 2. The summed E-state index contributed by atoms with van der Waals surface area (Å²) in [5.74, 6) is 0.205. The Hall–Kier alpha value is -1.15. The van der Waals surface area contributed by atoms with Crippen molar-refractivity contribution >= 4 is 5.78 Å². The van der Waals surface area contributed by atoms with E-state index in [0.29, 0.717) is 6.42 Å². The fraction of sp³-hybridized carbons (Fsp3) is 0.533. The molecule has 2 atom stereocenters. The first-order valence-corrected chi connectivity index (χ1v) is 6.45. The summed E-state index contributed by atoms with van der Waals surface area (Å²) >= 11 is 0. The van der Waals surface area contributed by atoms with Gasteiger partial charge in [0.2, 0.25) is 0 Å². The predicted molar refractivity (Wildman–Crippen MR) is 67.9 cm³/mol. The van der Waals surface area contributed by atoms with Crippen molar-refractivity contribution in [3.63, 3.8) is 0 Å². The highest BCUT2D eigenvalue weighted by atomic mass is 16.3. The molecule has 1 aliphatic rings. The molecule has 0 heterocycles. The van der Waals surface area contributed by atoms with Crippen LogP contribution >= 0.6 is 0 Å². The van der Waals surface area contributed by atoms with Crippen molar-refractivity contribution in [1.29, 1.82) is 0 Å². The lowest BCUT2D eigenvalue weighted by Crippen LogP contribution is -2.44. The minimum atomic E-state index is -0.669. The summed E-state index contributed by atoms with van der Waals surface area (Å²) in [6, 6.07) is 9.77. The summed E-state index contributed by atoms with van der Waals surface area (Å²) in [5, 5.41) is 10.2. The Morgan fingerprint density at radius 1 is 1.18 bits per heavy atom. The summed E-state index contributed by atoms with van der Waals surface area (Å²) in [7, 11) is 0. The Morgan fingerprint density at radius 3 is 2.53 bits per heavy atom. The Labute approximate surface area is 103 Å². The summed E-state index contributed by atoms with van der Waals surface area (Å²) < 4.78 is 0. The Balaban J connectivity index is 2.47. The first kappa shape index (κ1) is 12.3. The van der Waals surface area contributed by atoms with E-state index in [4.69, 9.17) is 0 Å². The van der Waals surface area contributed by atoms with E-state index >= 15 is 0 Å². The molecular weight excluding hydrogens is 212 g/mol. The van der Waals surface area contributed by atoms with Crippen molar-refractivity contribution in [1.82, 2.24) is 0 Å². The van der Waals surface area contributed by atoms with Crippen molar-refractivity contribution in [3.8, 4) is 0 Å². The number of aliphatic hydroxyl groups excluding tert-OH is 1. The smallest absolute Gasteiger partial charge is 0.145 e. The van der Waals surface area contributed by atoms with E-state index in [2.05, 4.69) is 0 Å². The first-order chi connectivity index (χ1) is 8.18. The molecule has 0 bridgehead atoms. The van der Waals surface area contributed by atoms with Crippen LogP contribution in [0.2, 0.25) is 0 Å². The molecule has 1 fully saturated rings. The van der Waals surface area contributed by atoms with Gasteiger partial charge in [0.05, 0.1) is 11.5 Å². The maximum absolute atomic E-state index is 12.4. The molecule has 2 nitrogen and oxygen atoms in total. The van der Waals surface area contributed by atoms with Crippen LogP contribution in [0, 0.1) is 0 Å². The lowest BCUT2D eigenvalue weighted by molar-refractivity contribution is -0.128. The second-order valence-electron chi connectivity index (χ2n) is 5.00. The van der Waals surface area contributed by atoms with Crippen LogP contribution < -0.4 is 0 Å². The number of benzene rings is 1. The van der Waals surface area contributed by atoms with Crippen molar-refractivity contribution < 1.29 is 9.90 Å². The standard InChI is InChI=1S/C15H20O2/c1-12(16)15(13-8-4-2-5-9-13)11-7-3-6-10-14(15)17/h2,4-5,8-9,12,16H,3,6-7,10-11H2,1H3/t12-,15-/m0/s1. The highest BCUT2D eigenvalue weighted by Gasteiger charge is 2.44. The summed E-state index contributed by atoms with van der Waals surface area (Å²) in [6.45, 7) is 1.75. The molecule has 2 rings (SSSR count). The number of ketones is 1. The number of carbonyl (C=O) groups is 1. The molecule has 0 saturated heterocycles. The number of Topliss-reactive ketones (excluding diaryl/α,β-unsaturated/α-hetero) is 1. The van der Waals surface area contributed by atoms with Crippen LogP contribution in [0.1, 0.15) is 44.6 Å². The van der Waals surface area contributed by atoms with Crippen LogP contribution in [0.3, 0.4) is 0 Å². The zero-order chi connectivity index (χ0) is 12.3. The Kier molecular flexibility index (Phi) is 3.63. The van der Waals surface area contributed by atoms with Crippen LogP contribution in [0.4, 0.5) is 0 Å². The van der Waals surface area contributed by atoms with Crippen LogP contribution in [-0.2, 0) is 10.2 Å². The third-order valence-corrected chi connectivity index (χ3v) is 3.97. The van der Waals surface area contributed by atoms with Crippen molar-refractivity contribution in [2.75, 3.05) is 0 Å². The zero-order valence-corrected chi connectivity index (χ0v) is 10.4. The Bertz CT molecular complexity index is 383. The van der Waals surface area contributed by atoms with Gasteiger partial charge >= 0.3 is 0 Å². The maximum atomic E-state index is 12.4. The number of carbonyl (C=O) groups excluding carboxylic acids is 1. The number of hydrogen-bond donors (Lipinski definition) is 1. The van der Waals surface area contributed by atoms with E-state index in [1.807, 2.05) is 30.3 Å². The molecule has 0 unspecified atom stereocenters. The van der Waals surface area contributed by atoms with Crippen LogP contribution in [-0.4, -0.2) is 17.0 Å². The van der Waals surface area contributed by atoms with Gasteiger partial charge in [-0.2, -0.15) is 0 Å². The summed E-state index contributed by atoms with van der Waals surface area (Å²) in [6.07, 6.45) is 3.82. The van der Waals surface area contributed by atoms with Gasteiger partial charge in [-0.25, -0.2) is 0 Å². The molecular formula is C15H20O2. The molecule has 0 aromatic heterocycles. The van der Waals surface area contributed by atoms with E-state index in [1.54, 1.807) is 6.92 Å². The number of aliphatic hydroxyl groups is 1. The molecule has 1 aromatic carbocycles. The Morgan fingerprint density at radius 2 is 1.88 bits per heavy atom. The quantitative estimate of drug-likeness (QED) is 0.796. The third kappa shape index (κ3) is 2.14. The first-order valence-electron chi connectivity index (χ1n) is 6.45. The monoisotopic (exact) mass is 232 g/mol. The van der Waals surface area contributed by atoms with Crippen molar-refractivity contribution in [2.24, 2.45) is 0 Å². The molecule has 2 heteroatoms. The van der Waals surface area contributed by atoms with Crippen molar-refractivity contribution in [3.05, 3.63) is 35.9 Å². The molecule has 0 amide bonds. The maximum Gasteiger partial charge on any atom is 0.145 e. The van der Waals surface area contributed by atoms with Crippen LogP contribution in [0.5, 0.6) is 0 Å². The SMILES string of the molecule is C[C@H](O)[C@]1(c2ccccc2)CCCCCC1=O. The molecule has 0 spiro atoms. The molecule has 1 aliphatic carbocycles. The van der Waals surface area contributed by atoms with Gasteiger partial charge in [-0.15, -0.1) is 0 Å². The average molecular weight is 232 g/mol. The highest BCUT2D eigenvalue weighted by molar-refractivity contribution is 5.91. The van der Waals surface area contributed by atoms with E-state index in [-0.39, 0.29) is 5.78 Å². The van der Waals surface area contributed by atoms with E-state index in [1.165, 1.54) is 0 Å².